The quantitative estimate of drug-likeness (QED) is 0.734. The molecule has 1 aliphatic rings. The minimum absolute atomic E-state index is 0.00897. The van der Waals surface area contributed by atoms with Crippen molar-refractivity contribution in [2.45, 2.75) is 12.8 Å². The zero-order valence-corrected chi connectivity index (χ0v) is 13.5. The lowest BCUT2D eigenvalue weighted by molar-refractivity contribution is -0.130. The highest BCUT2D eigenvalue weighted by molar-refractivity contribution is 5.79. The van der Waals surface area contributed by atoms with Gasteiger partial charge in [0.2, 0.25) is 5.91 Å². The number of benzene rings is 1. The molecule has 0 bridgehead atoms. The summed E-state index contributed by atoms with van der Waals surface area (Å²) in [4.78, 5) is 22.6. The highest BCUT2D eigenvalue weighted by Gasteiger charge is 2.20. The lowest BCUT2D eigenvalue weighted by atomic mass is 9.99. The number of halogens is 1. The van der Waals surface area contributed by atoms with Crippen molar-refractivity contribution in [3.8, 4) is 0 Å². The monoisotopic (exact) mass is 337 g/mol. The summed E-state index contributed by atoms with van der Waals surface area (Å²) in [5.41, 5.74) is 2.14. The maximum atomic E-state index is 13.0. The summed E-state index contributed by atoms with van der Waals surface area (Å²) >= 11 is 0. The van der Waals surface area contributed by atoms with Crippen molar-refractivity contribution in [1.29, 1.82) is 0 Å². The first-order valence-corrected chi connectivity index (χ1v) is 8.08. The summed E-state index contributed by atoms with van der Waals surface area (Å²) in [6.45, 7) is 1.17. The van der Waals surface area contributed by atoms with E-state index in [4.69, 9.17) is 0 Å². The summed E-state index contributed by atoms with van der Waals surface area (Å²) in [7, 11) is 0. The van der Waals surface area contributed by atoms with Crippen LogP contribution in [-0.2, 0) is 11.2 Å². The Morgan fingerprint density at radius 1 is 1.24 bits per heavy atom. The fourth-order valence-electron chi connectivity index (χ4n) is 2.92. The smallest absolute Gasteiger partial charge is 0.252 e. The van der Waals surface area contributed by atoms with Gasteiger partial charge in [0.1, 0.15) is 5.82 Å². The molecule has 2 aromatic heterocycles. The van der Waals surface area contributed by atoms with E-state index in [1.165, 1.54) is 12.1 Å². The van der Waals surface area contributed by atoms with Crippen molar-refractivity contribution in [2.24, 2.45) is 0 Å². The van der Waals surface area contributed by atoms with Gasteiger partial charge in [-0.2, -0.15) is 4.98 Å². The molecule has 4 rings (SSSR count). The molecule has 1 aliphatic heterocycles. The molecule has 0 N–H and O–H groups in total. The molecule has 25 heavy (non-hydrogen) atoms. The number of rotatable bonds is 3. The minimum atomic E-state index is -0.244. The number of hydrogen-bond acceptors (Lipinski definition) is 4. The molecule has 126 valence electrons. The standard InChI is InChI=1S/C18H16FN5O/c19-15-4-2-13(3-5-15)14-6-10-23(11-7-14)17(25)12-16-21-18-20-8-1-9-24(18)22-16/h1-6,8-9H,7,10-12H2. The summed E-state index contributed by atoms with van der Waals surface area (Å²) in [6, 6.07) is 8.21. The summed E-state index contributed by atoms with van der Waals surface area (Å²) in [6.07, 6.45) is 6.32. The van der Waals surface area contributed by atoms with E-state index < -0.39 is 0 Å². The van der Waals surface area contributed by atoms with Crippen LogP contribution in [0.2, 0.25) is 0 Å². The van der Waals surface area contributed by atoms with Gasteiger partial charge in [-0.15, -0.1) is 5.10 Å². The van der Waals surface area contributed by atoms with Gasteiger partial charge in [0, 0.05) is 25.5 Å². The lowest BCUT2D eigenvalue weighted by Crippen LogP contribution is -2.35. The lowest BCUT2D eigenvalue weighted by Gasteiger charge is -2.26. The molecule has 1 amide bonds. The van der Waals surface area contributed by atoms with Crippen molar-refractivity contribution in [2.75, 3.05) is 13.1 Å². The first-order valence-electron chi connectivity index (χ1n) is 8.08. The van der Waals surface area contributed by atoms with Crippen molar-refractivity contribution < 1.29 is 9.18 Å². The zero-order chi connectivity index (χ0) is 17.2. The van der Waals surface area contributed by atoms with Gasteiger partial charge in [-0.25, -0.2) is 13.9 Å². The highest BCUT2D eigenvalue weighted by atomic mass is 19.1. The molecule has 0 atom stereocenters. The largest absolute Gasteiger partial charge is 0.338 e. The van der Waals surface area contributed by atoms with Gasteiger partial charge in [0.25, 0.3) is 5.78 Å². The average molecular weight is 337 g/mol. The first-order chi connectivity index (χ1) is 12.2. The van der Waals surface area contributed by atoms with Crippen LogP contribution in [0.25, 0.3) is 11.4 Å². The van der Waals surface area contributed by atoms with Gasteiger partial charge >= 0.3 is 0 Å². The second kappa shape index (κ2) is 6.43. The third-order valence-electron chi connectivity index (χ3n) is 4.25. The molecular weight excluding hydrogens is 321 g/mol. The van der Waals surface area contributed by atoms with E-state index in [-0.39, 0.29) is 18.1 Å². The third kappa shape index (κ3) is 3.26. The number of amides is 1. The van der Waals surface area contributed by atoms with Crippen molar-refractivity contribution in [1.82, 2.24) is 24.5 Å². The van der Waals surface area contributed by atoms with Crippen LogP contribution in [0.1, 0.15) is 17.8 Å². The number of carbonyl (C=O) groups excluding carboxylic acids is 1. The van der Waals surface area contributed by atoms with Crippen LogP contribution in [-0.4, -0.2) is 43.5 Å². The SMILES string of the molecule is O=C(Cc1nc2ncccn2n1)N1CC=C(c2ccc(F)cc2)CC1. The van der Waals surface area contributed by atoms with Crippen LogP contribution < -0.4 is 0 Å². The molecule has 3 heterocycles. The van der Waals surface area contributed by atoms with Crippen LogP contribution in [0.15, 0.2) is 48.8 Å². The zero-order valence-electron chi connectivity index (χ0n) is 13.5. The van der Waals surface area contributed by atoms with Gasteiger partial charge in [-0.3, -0.25) is 4.79 Å². The van der Waals surface area contributed by atoms with Crippen LogP contribution in [0, 0.1) is 5.82 Å². The maximum absolute atomic E-state index is 13.0. The Labute approximate surface area is 143 Å². The molecule has 1 aromatic carbocycles. The topological polar surface area (TPSA) is 63.4 Å². The molecule has 6 nitrogen and oxygen atoms in total. The average Bonchev–Trinajstić information content (AvgIpc) is 3.05. The molecule has 3 aromatic rings. The van der Waals surface area contributed by atoms with E-state index in [9.17, 15) is 9.18 Å². The van der Waals surface area contributed by atoms with E-state index >= 15 is 0 Å². The molecule has 0 unspecified atom stereocenters. The second-order valence-electron chi connectivity index (χ2n) is 5.90. The Hall–Kier alpha value is -3.09. The van der Waals surface area contributed by atoms with E-state index in [0.717, 1.165) is 17.6 Å². The van der Waals surface area contributed by atoms with Gasteiger partial charge in [0.05, 0.1) is 6.42 Å². The number of hydrogen-bond donors (Lipinski definition) is 0. The third-order valence-corrected chi connectivity index (χ3v) is 4.25. The molecule has 0 spiro atoms. The van der Waals surface area contributed by atoms with E-state index in [1.54, 1.807) is 40.0 Å². The van der Waals surface area contributed by atoms with Crippen LogP contribution in [0.5, 0.6) is 0 Å². The fraction of sp³-hybridized carbons (Fsp3) is 0.222. The summed E-state index contributed by atoms with van der Waals surface area (Å²) in [5, 5.41) is 4.26. The Morgan fingerprint density at radius 2 is 2.08 bits per heavy atom. The van der Waals surface area contributed by atoms with Gasteiger partial charge in [-0.05, 0) is 35.8 Å². The summed E-state index contributed by atoms with van der Waals surface area (Å²) < 4.78 is 14.6. The van der Waals surface area contributed by atoms with Crippen LogP contribution in [0.3, 0.4) is 0 Å². The molecular formula is C18H16FN5O. The normalized spacial score (nSPS) is 14.6. The molecule has 0 saturated heterocycles. The predicted octanol–water partition coefficient (Wildman–Crippen LogP) is 2.12. The van der Waals surface area contributed by atoms with Gasteiger partial charge < -0.3 is 4.90 Å². The fourth-order valence-corrected chi connectivity index (χ4v) is 2.92. The number of nitrogens with zero attached hydrogens (tertiary/aromatic N) is 5. The molecule has 7 heteroatoms. The first kappa shape index (κ1) is 15.4. The Kier molecular flexibility index (Phi) is 3.97. The van der Waals surface area contributed by atoms with E-state index in [1.807, 2.05) is 6.08 Å². The number of carbonyl (C=O) groups is 1. The van der Waals surface area contributed by atoms with Crippen LogP contribution in [0.4, 0.5) is 4.39 Å². The van der Waals surface area contributed by atoms with Gasteiger partial charge in [0.15, 0.2) is 5.82 Å². The molecule has 0 aliphatic carbocycles. The summed E-state index contributed by atoms with van der Waals surface area (Å²) in [5.74, 6) is 0.705. The maximum Gasteiger partial charge on any atom is 0.252 e. The number of fused-ring (bicyclic) bond motifs is 1. The Morgan fingerprint density at radius 3 is 2.80 bits per heavy atom. The molecule has 0 fully saturated rings. The van der Waals surface area contributed by atoms with Crippen LogP contribution >= 0.6 is 0 Å². The van der Waals surface area contributed by atoms with Crippen molar-refractivity contribution >= 4 is 17.3 Å². The van der Waals surface area contributed by atoms with E-state index in [0.29, 0.717) is 24.7 Å². The van der Waals surface area contributed by atoms with E-state index in [2.05, 4.69) is 15.1 Å². The Balaban J connectivity index is 1.42. The molecule has 0 radical (unpaired) electrons. The van der Waals surface area contributed by atoms with Crippen molar-refractivity contribution in [3.05, 3.63) is 66.0 Å². The number of aromatic nitrogens is 4. The predicted molar refractivity (Wildman–Crippen MR) is 90.1 cm³/mol. The Bertz CT molecular complexity index is 915. The second-order valence-corrected chi connectivity index (χ2v) is 5.90. The molecule has 0 saturated carbocycles. The van der Waals surface area contributed by atoms with Crippen molar-refractivity contribution in [3.63, 3.8) is 0 Å². The minimum Gasteiger partial charge on any atom is -0.338 e. The van der Waals surface area contributed by atoms with Gasteiger partial charge in [-0.1, -0.05) is 18.2 Å². The highest BCUT2D eigenvalue weighted by Crippen LogP contribution is 2.22.